The van der Waals surface area contributed by atoms with Gasteiger partial charge in [0.15, 0.2) is 0 Å². The number of carboxylic acids is 1. The van der Waals surface area contributed by atoms with Crippen LogP contribution in [0, 0.1) is 23.7 Å². The lowest BCUT2D eigenvalue weighted by Gasteiger charge is -2.39. The van der Waals surface area contributed by atoms with Crippen LogP contribution in [0.1, 0.15) is 19.3 Å². The van der Waals surface area contributed by atoms with Gasteiger partial charge in [-0.1, -0.05) is 0 Å². The number of methoxy groups -OCH3 is 1. The van der Waals surface area contributed by atoms with Crippen molar-refractivity contribution in [2.45, 2.75) is 19.3 Å². The van der Waals surface area contributed by atoms with Crippen molar-refractivity contribution in [3.63, 3.8) is 0 Å². The fourth-order valence-corrected chi connectivity index (χ4v) is 5.19. The van der Waals surface area contributed by atoms with E-state index in [1.165, 1.54) is 0 Å². The van der Waals surface area contributed by atoms with Gasteiger partial charge in [0.05, 0.1) is 18.9 Å². The van der Waals surface area contributed by atoms with Crippen molar-refractivity contribution < 1.29 is 19.4 Å². The molecule has 26 heavy (non-hydrogen) atoms. The second-order valence-corrected chi connectivity index (χ2v) is 7.73. The number of amides is 1. The molecule has 3 aliphatic rings. The monoisotopic (exact) mass is 358 g/mol. The molecule has 3 fully saturated rings. The summed E-state index contributed by atoms with van der Waals surface area (Å²) >= 11 is 0. The topological polar surface area (TPSA) is 70.1 Å². The minimum Gasteiger partial charge on any atom is -0.497 e. The molecule has 1 amide bonds. The molecule has 0 unspecified atom stereocenters. The van der Waals surface area contributed by atoms with Crippen LogP contribution in [0.3, 0.4) is 0 Å². The minimum absolute atomic E-state index is 0.0685. The Bertz CT molecular complexity index is 682. The van der Waals surface area contributed by atoms with Gasteiger partial charge in [-0.3, -0.25) is 9.59 Å². The summed E-state index contributed by atoms with van der Waals surface area (Å²) in [7, 11) is 1.65. The second-order valence-electron chi connectivity index (χ2n) is 7.73. The highest BCUT2D eigenvalue weighted by molar-refractivity contribution is 5.86. The van der Waals surface area contributed by atoms with E-state index in [0.29, 0.717) is 13.1 Å². The molecule has 140 valence electrons. The summed E-state index contributed by atoms with van der Waals surface area (Å²) in [6.45, 7) is 2.86. The Labute approximate surface area is 153 Å². The molecule has 2 aliphatic carbocycles. The number of aliphatic carboxylic acids is 1. The third-order valence-corrected chi connectivity index (χ3v) is 6.52. The molecule has 1 aromatic carbocycles. The summed E-state index contributed by atoms with van der Waals surface area (Å²) in [5.41, 5.74) is 1.13. The van der Waals surface area contributed by atoms with Crippen LogP contribution in [0.4, 0.5) is 5.69 Å². The maximum Gasteiger partial charge on any atom is 0.307 e. The number of hydrogen-bond acceptors (Lipinski definition) is 4. The minimum atomic E-state index is -0.785. The van der Waals surface area contributed by atoms with Crippen molar-refractivity contribution in [1.29, 1.82) is 0 Å². The average molecular weight is 358 g/mol. The predicted octanol–water partition coefficient (Wildman–Crippen LogP) is 2.09. The van der Waals surface area contributed by atoms with Gasteiger partial charge in [-0.15, -0.1) is 0 Å². The van der Waals surface area contributed by atoms with Crippen LogP contribution < -0.4 is 9.64 Å². The highest BCUT2D eigenvalue weighted by Gasteiger charge is 2.54. The van der Waals surface area contributed by atoms with Crippen LogP contribution in [0.25, 0.3) is 0 Å². The molecule has 1 aromatic rings. The molecule has 6 heteroatoms. The number of nitrogens with zero attached hydrogens (tertiary/aromatic N) is 2. The van der Waals surface area contributed by atoms with Crippen LogP contribution in [0.5, 0.6) is 5.75 Å². The molecular formula is C20H26N2O4. The Hall–Kier alpha value is -2.24. The number of carboxylic acid groups (broad SMARTS) is 1. The van der Waals surface area contributed by atoms with E-state index in [1.807, 2.05) is 29.2 Å². The fraction of sp³-hybridized carbons (Fsp3) is 0.600. The number of fused-ring (bicyclic) bond motifs is 2. The molecule has 0 radical (unpaired) electrons. The first kappa shape index (κ1) is 17.2. The number of carbonyl (C=O) groups is 2. The highest BCUT2D eigenvalue weighted by Crippen LogP contribution is 2.53. The number of ether oxygens (including phenoxy) is 1. The number of rotatable bonds is 4. The molecule has 1 N–H and O–H groups in total. The maximum atomic E-state index is 13.1. The van der Waals surface area contributed by atoms with E-state index in [9.17, 15) is 14.7 Å². The smallest absolute Gasteiger partial charge is 0.307 e. The summed E-state index contributed by atoms with van der Waals surface area (Å²) < 4.78 is 5.20. The Morgan fingerprint density at radius 1 is 1.00 bits per heavy atom. The summed E-state index contributed by atoms with van der Waals surface area (Å²) in [5.74, 6) is -0.190. The van der Waals surface area contributed by atoms with Crippen LogP contribution >= 0.6 is 0 Å². The number of benzene rings is 1. The van der Waals surface area contributed by atoms with Crippen molar-refractivity contribution in [3.05, 3.63) is 24.3 Å². The van der Waals surface area contributed by atoms with E-state index < -0.39 is 11.9 Å². The van der Waals surface area contributed by atoms with Gasteiger partial charge in [0.25, 0.3) is 0 Å². The highest BCUT2D eigenvalue weighted by atomic mass is 16.5. The van der Waals surface area contributed by atoms with E-state index in [1.54, 1.807) is 7.11 Å². The molecule has 4 atom stereocenters. The summed E-state index contributed by atoms with van der Waals surface area (Å²) in [6.07, 6.45) is 2.90. The van der Waals surface area contributed by atoms with Crippen LogP contribution in [-0.4, -0.2) is 55.2 Å². The normalized spacial score (nSPS) is 30.5. The zero-order chi connectivity index (χ0) is 18.3. The van der Waals surface area contributed by atoms with Gasteiger partial charge in [-0.25, -0.2) is 0 Å². The average Bonchev–Trinajstić information content (AvgIpc) is 3.29. The molecular weight excluding hydrogens is 332 g/mol. The zero-order valence-electron chi connectivity index (χ0n) is 15.1. The Morgan fingerprint density at radius 3 is 2.19 bits per heavy atom. The molecule has 1 heterocycles. The largest absolute Gasteiger partial charge is 0.497 e. The molecule has 0 spiro atoms. The first-order valence-corrected chi connectivity index (χ1v) is 9.49. The quantitative estimate of drug-likeness (QED) is 0.892. The van der Waals surface area contributed by atoms with E-state index >= 15 is 0 Å². The van der Waals surface area contributed by atoms with Gasteiger partial charge in [0.1, 0.15) is 5.75 Å². The zero-order valence-corrected chi connectivity index (χ0v) is 15.1. The van der Waals surface area contributed by atoms with Crippen LogP contribution in [0.15, 0.2) is 24.3 Å². The van der Waals surface area contributed by atoms with Gasteiger partial charge < -0.3 is 19.6 Å². The molecule has 1 aliphatic heterocycles. The lowest BCUT2D eigenvalue weighted by molar-refractivity contribution is -0.153. The maximum absolute atomic E-state index is 13.1. The summed E-state index contributed by atoms with van der Waals surface area (Å²) in [4.78, 5) is 28.9. The first-order chi connectivity index (χ1) is 12.6. The first-order valence-electron chi connectivity index (χ1n) is 9.49. The van der Waals surface area contributed by atoms with Gasteiger partial charge in [-0.2, -0.15) is 0 Å². The molecule has 0 aromatic heterocycles. The Kier molecular flexibility index (Phi) is 4.51. The van der Waals surface area contributed by atoms with E-state index in [-0.39, 0.29) is 23.7 Å². The second kappa shape index (κ2) is 6.82. The third kappa shape index (κ3) is 2.91. The predicted molar refractivity (Wildman–Crippen MR) is 97.2 cm³/mol. The van der Waals surface area contributed by atoms with E-state index in [4.69, 9.17) is 4.74 Å². The number of piperazine rings is 1. The van der Waals surface area contributed by atoms with Gasteiger partial charge in [0.2, 0.25) is 5.91 Å². The lowest BCUT2D eigenvalue weighted by Crippen LogP contribution is -2.52. The van der Waals surface area contributed by atoms with E-state index in [0.717, 1.165) is 43.8 Å². The summed E-state index contributed by atoms with van der Waals surface area (Å²) in [6, 6.07) is 7.96. The Balaban J connectivity index is 1.39. The van der Waals surface area contributed by atoms with Crippen LogP contribution in [-0.2, 0) is 9.59 Å². The molecule has 2 saturated carbocycles. The SMILES string of the molecule is COc1ccc(N2CCN(C(=O)[C@H]3[C@@H]4CC[C@@H](C4)[C@@H]3C(=O)O)CC2)cc1. The summed E-state index contributed by atoms with van der Waals surface area (Å²) in [5, 5.41) is 9.60. The molecule has 6 nitrogen and oxygen atoms in total. The van der Waals surface area contributed by atoms with E-state index in [2.05, 4.69) is 4.90 Å². The third-order valence-electron chi connectivity index (χ3n) is 6.52. The molecule has 2 bridgehead atoms. The van der Waals surface area contributed by atoms with Gasteiger partial charge >= 0.3 is 5.97 Å². The number of anilines is 1. The van der Waals surface area contributed by atoms with Crippen molar-refractivity contribution in [3.8, 4) is 5.75 Å². The van der Waals surface area contributed by atoms with Crippen molar-refractivity contribution in [1.82, 2.24) is 4.90 Å². The molecule has 1 saturated heterocycles. The fourth-order valence-electron chi connectivity index (χ4n) is 5.19. The lowest BCUT2D eigenvalue weighted by atomic mass is 9.78. The van der Waals surface area contributed by atoms with Crippen molar-refractivity contribution in [2.24, 2.45) is 23.7 Å². The molecule has 4 rings (SSSR count). The van der Waals surface area contributed by atoms with Crippen LogP contribution in [0.2, 0.25) is 0 Å². The van der Waals surface area contributed by atoms with Gasteiger partial charge in [0, 0.05) is 31.9 Å². The Morgan fingerprint density at radius 2 is 1.62 bits per heavy atom. The standard InChI is InChI=1S/C20H26N2O4/c1-26-16-6-4-15(5-7-16)21-8-10-22(11-9-21)19(23)17-13-2-3-14(12-13)18(17)20(24)25/h4-7,13-14,17-18H,2-3,8-12H2,1H3,(H,24,25)/t13-,14+,17+,18+/m1/s1. The van der Waals surface area contributed by atoms with Crippen molar-refractivity contribution in [2.75, 3.05) is 38.2 Å². The number of hydrogen-bond donors (Lipinski definition) is 1. The van der Waals surface area contributed by atoms with Crippen molar-refractivity contribution >= 4 is 17.6 Å². The number of carbonyl (C=O) groups excluding carboxylic acids is 1. The van der Waals surface area contributed by atoms with Gasteiger partial charge in [-0.05, 0) is 55.4 Å².